The summed E-state index contributed by atoms with van der Waals surface area (Å²) in [6.45, 7) is 2.93. The van der Waals surface area contributed by atoms with Gasteiger partial charge < -0.3 is 16.3 Å². The van der Waals surface area contributed by atoms with Crippen LogP contribution in [0.3, 0.4) is 0 Å². The molecule has 0 aliphatic carbocycles. The highest BCUT2D eigenvalue weighted by molar-refractivity contribution is 7.07. The summed E-state index contributed by atoms with van der Waals surface area (Å²) in [4.78, 5) is 0. The molecule has 0 aliphatic heterocycles. The number of oxime groups is 1. The zero-order valence-electron chi connectivity index (χ0n) is 11.4. The van der Waals surface area contributed by atoms with E-state index in [2.05, 4.69) is 34.2 Å². The molecule has 0 radical (unpaired) electrons. The Labute approximate surface area is 122 Å². The summed E-state index contributed by atoms with van der Waals surface area (Å²) in [5.41, 5.74) is 8.80. The van der Waals surface area contributed by atoms with E-state index < -0.39 is 0 Å². The number of nitrogens with one attached hydrogen (secondary N) is 1. The lowest BCUT2D eigenvalue weighted by Gasteiger charge is -2.13. The van der Waals surface area contributed by atoms with E-state index in [0.29, 0.717) is 6.04 Å². The molecule has 4 N–H and O–H groups in total. The summed E-state index contributed by atoms with van der Waals surface area (Å²) in [6.07, 6.45) is 1.02. The minimum Gasteiger partial charge on any atom is -0.409 e. The Morgan fingerprint density at radius 2 is 2.25 bits per heavy atom. The third-order valence-electron chi connectivity index (χ3n) is 3.11. The maximum absolute atomic E-state index is 8.69. The largest absolute Gasteiger partial charge is 0.409 e. The van der Waals surface area contributed by atoms with Crippen LogP contribution in [0.1, 0.15) is 23.6 Å². The predicted octanol–water partition coefficient (Wildman–Crippen LogP) is 2.56. The molecule has 1 unspecified atom stereocenters. The molecule has 1 atom stereocenters. The van der Waals surface area contributed by atoms with Gasteiger partial charge in [-0.25, -0.2) is 0 Å². The molecule has 1 aromatic heterocycles. The fraction of sp³-hybridized carbons (Fsp3) is 0.267. The fourth-order valence-corrected chi connectivity index (χ4v) is 2.71. The lowest BCUT2D eigenvalue weighted by molar-refractivity contribution is 0.318. The molecule has 5 heteroatoms. The van der Waals surface area contributed by atoms with Gasteiger partial charge in [0.1, 0.15) is 0 Å². The van der Waals surface area contributed by atoms with Crippen molar-refractivity contribution in [1.82, 2.24) is 5.32 Å². The molecule has 4 nitrogen and oxygen atoms in total. The molecule has 0 spiro atoms. The van der Waals surface area contributed by atoms with Crippen LogP contribution in [0.2, 0.25) is 0 Å². The van der Waals surface area contributed by atoms with Gasteiger partial charge in [0.15, 0.2) is 5.84 Å². The SMILES string of the molecule is CC(Cc1ccsc1)NCc1cccc(C(N)=NO)c1. The Morgan fingerprint density at radius 1 is 1.40 bits per heavy atom. The molecule has 1 aromatic carbocycles. The summed E-state index contributed by atoms with van der Waals surface area (Å²) >= 11 is 1.73. The lowest BCUT2D eigenvalue weighted by Crippen LogP contribution is -2.27. The van der Waals surface area contributed by atoms with E-state index in [1.54, 1.807) is 11.3 Å². The van der Waals surface area contributed by atoms with Gasteiger partial charge >= 0.3 is 0 Å². The third-order valence-corrected chi connectivity index (χ3v) is 3.84. The molecular formula is C15H19N3OS. The van der Waals surface area contributed by atoms with Gasteiger partial charge in [-0.2, -0.15) is 11.3 Å². The van der Waals surface area contributed by atoms with Crippen molar-refractivity contribution in [3.8, 4) is 0 Å². The average molecular weight is 289 g/mol. The van der Waals surface area contributed by atoms with Crippen molar-refractivity contribution in [1.29, 1.82) is 0 Å². The first-order chi connectivity index (χ1) is 9.69. The molecule has 0 amide bonds. The number of thiophene rings is 1. The normalized spacial score (nSPS) is 13.3. The molecule has 0 saturated heterocycles. The summed E-state index contributed by atoms with van der Waals surface area (Å²) in [5.74, 6) is 0.137. The van der Waals surface area contributed by atoms with Gasteiger partial charge in [-0.15, -0.1) is 0 Å². The number of hydrogen-bond donors (Lipinski definition) is 3. The molecule has 0 bridgehead atoms. The van der Waals surface area contributed by atoms with E-state index in [1.165, 1.54) is 5.56 Å². The summed E-state index contributed by atoms with van der Waals surface area (Å²) in [5, 5.41) is 19.5. The van der Waals surface area contributed by atoms with Gasteiger partial charge in [-0.3, -0.25) is 0 Å². The van der Waals surface area contributed by atoms with Crippen LogP contribution in [-0.4, -0.2) is 17.1 Å². The smallest absolute Gasteiger partial charge is 0.170 e. The minimum atomic E-state index is 0.137. The Balaban J connectivity index is 1.90. The number of nitrogens with zero attached hydrogens (tertiary/aromatic N) is 1. The van der Waals surface area contributed by atoms with Crippen LogP contribution in [0.25, 0.3) is 0 Å². The number of rotatable bonds is 6. The van der Waals surface area contributed by atoms with Crippen LogP contribution in [-0.2, 0) is 13.0 Å². The quantitative estimate of drug-likeness (QED) is 0.331. The first-order valence-electron chi connectivity index (χ1n) is 6.50. The molecule has 0 saturated carbocycles. The predicted molar refractivity (Wildman–Crippen MR) is 83.3 cm³/mol. The Hall–Kier alpha value is -1.85. The second-order valence-electron chi connectivity index (χ2n) is 4.80. The minimum absolute atomic E-state index is 0.137. The number of benzene rings is 1. The van der Waals surface area contributed by atoms with Crippen LogP contribution in [0.15, 0.2) is 46.2 Å². The zero-order valence-corrected chi connectivity index (χ0v) is 12.2. The third kappa shape index (κ3) is 4.08. The van der Waals surface area contributed by atoms with Gasteiger partial charge in [0.25, 0.3) is 0 Å². The fourth-order valence-electron chi connectivity index (χ4n) is 2.02. The summed E-state index contributed by atoms with van der Waals surface area (Å²) in [7, 11) is 0. The molecule has 1 heterocycles. The van der Waals surface area contributed by atoms with Crippen molar-refractivity contribution < 1.29 is 5.21 Å². The van der Waals surface area contributed by atoms with Crippen molar-refractivity contribution in [3.63, 3.8) is 0 Å². The van der Waals surface area contributed by atoms with E-state index in [-0.39, 0.29) is 5.84 Å². The van der Waals surface area contributed by atoms with Crippen LogP contribution in [0.4, 0.5) is 0 Å². The second-order valence-corrected chi connectivity index (χ2v) is 5.58. The van der Waals surface area contributed by atoms with E-state index in [4.69, 9.17) is 10.9 Å². The molecule has 2 aromatic rings. The molecule has 0 fully saturated rings. The van der Waals surface area contributed by atoms with Gasteiger partial charge in [0.2, 0.25) is 0 Å². The molecule has 106 valence electrons. The summed E-state index contributed by atoms with van der Waals surface area (Å²) < 4.78 is 0. The highest BCUT2D eigenvalue weighted by Gasteiger charge is 2.05. The number of amidine groups is 1. The van der Waals surface area contributed by atoms with Crippen molar-refractivity contribution in [2.45, 2.75) is 25.9 Å². The average Bonchev–Trinajstić information content (AvgIpc) is 2.97. The van der Waals surface area contributed by atoms with Gasteiger partial charge in [-0.1, -0.05) is 23.4 Å². The van der Waals surface area contributed by atoms with E-state index in [1.807, 2.05) is 24.3 Å². The van der Waals surface area contributed by atoms with E-state index in [0.717, 1.165) is 24.1 Å². The van der Waals surface area contributed by atoms with Gasteiger partial charge in [0.05, 0.1) is 0 Å². The van der Waals surface area contributed by atoms with Crippen molar-refractivity contribution in [2.75, 3.05) is 0 Å². The maximum Gasteiger partial charge on any atom is 0.170 e. The molecule has 0 aliphatic rings. The van der Waals surface area contributed by atoms with Crippen LogP contribution < -0.4 is 11.1 Å². The Bertz CT molecular complexity index is 566. The number of nitrogens with two attached hydrogens (primary N) is 1. The maximum atomic E-state index is 8.69. The topological polar surface area (TPSA) is 70.6 Å². The van der Waals surface area contributed by atoms with Gasteiger partial charge in [0, 0.05) is 18.2 Å². The van der Waals surface area contributed by atoms with Crippen molar-refractivity contribution in [3.05, 3.63) is 57.8 Å². The zero-order chi connectivity index (χ0) is 14.4. The number of hydrogen-bond acceptors (Lipinski definition) is 4. The van der Waals surface area contributed by atoms with Crippen LogP contribution in [0, 0.1) is 0 Å². The van der Waals surface area contributed by atoms with Gasteiger partial charge in [-0.05, 0) is 47.4 Å². The first kappa shape index (κ1) is 14.6. The van der Waals surface area contributed by atoms with Crippen molar-refractivity contribution >= 4 is 17.2 Å². The second kappa shape index (κ2) is 7.07. The standard InChI is InChI=1S/C15H19N3OS/c1-11(7-13-5-6-20-10-13)17-9-12-3-2-4-14(8-12)15(16)18-19/h2-6,8,10-11,17,19H,7,9H2,1H3,(H2,16,18). The van der Waals surface area contributed by atoms with E-state index >= 15 is 0 Å². The van der Waals surface area contributed by atoms with Crippen molar-refractivity contribution in [2.24, 2.45) is 10.9 Å². The lowest BCUT2D eigenvalue weighted by atomic mass is 10.1. The molecular weight excluding hydrogens is 270 g/mol. The molecule has 2 rings (SSSR count). The Kier molecular flexibility index (Phi) is 5.15. The highest BCUT2D eigenvalue weighted by Crippen LogP contribution is 2.10. The van der Waals surface area contributed by atoms with E-state index in [9.17, 15) is 0 Å². The van der Waals surface area contributed by atoms with Crippen LogP contribution in [0.5, 0.6) is 0 Å². The monoisotopic (exact) mass is 289 g/mol. The Morgan fingerprint density at radius 3 is 2.95 bits per heavy atom. The highest BCUT2D eigenvalue weighted by atomic mass is 32.1. The summed E-state index contributed by atoms with van der Waals surface area (Å²) in [6, 6.07) is 10.2. The first-order valence-corrected chi connectivity index (χ1v) is 7.44. The van der Waals surface area contributed by atoms with Crippen LogP contribution >= 0.6 is 11.3 Å². The molecule has 20 heavy (non-hydrogen) atoms.